The molecule has 1 aliphatic rings. The van der Waals surface area contributed by atoms with Gasteiger partial charge in [-0.15, -0.1) is 11.3 Å². The first-order valence-electron chi connectivity index (χ1n) is 9.69. The van der Waals surface area contributed by atoms with Gasteiger partial charge in [-0.2, -0.15) is 0 Å². The smallest absolute Gasteiger partial charge is 0.246 e. The Morgan fingerprint density at radius 3 is 2.76 bits per heavy atom. The van der Waals surface area contributed by atoms with E-state index in [9.17, 15) is 4.79 Å². The van der Waals surface area contributed by atoms with Crippen LogP contribution in [0.2, 0.25) is 10.0 Å². The lowest BCUT2D eigenvalue weighted by Gasteiger charge is -2.14. The lowest BCUT2D eigenvalue weighted by Crippen LogP contribution is -2.22. The van der Waals surface area contributed by atoms with Gasteiger partial charge in [0.25, 0.3) is 0 Å². The molecule has 1 aliphatic heterocycles. The minimum Gasteiger partial charge on any atom is -0.334 e. The summed E-state index contributed by atoms with van der Waals surface area (Å²) in [6.07, 6.45) is 1.73. The van der Waals surface area contributed by atoms with E-state index in [0.717, 1.165) is 48.2 Å². The van der Waals surface area contributed by atoms with Crippen molar-refractivity contribution >= 4 is 56.5 Å². The zero-order chi connectivity index (χ0) is 20.8. The lowest BCUT2D eigenvalue weighted by atomic mass is 9.93. The Morgan fingerprint density at radius 2 is 2.03 bits per heavy atom. The van der Waals surface area contributed by atoms with Crippen LogP contribution in [0.15, 0.2) is 17.5 Å². The van der Waals surface area contributed by atoms with Crippen LogP contribution in [0.1, 0.15) is 37.7 Å². The van der Waals surface area contributed by atoms with E-state index in [1.165, 1.54) is 16.9 Å². The Kier molecular flexibility index (Phi) is 5.64. The van der Waals surface area contributed by atoms with Crippen molar-refractivity contribution in [1.82, 2.24) is 14.9 Å². The molecule has 4 rings (SSSR count). The van der Waals surface area contributed by atoms with Crippen molar-refractivity contribution in [2.24, 2.45) is 0 Å². The van der Waals surface area contributed by atoms with Crippen molar-refractivity contribution in [3.05, 3.63) is 44.5 Å². The Morgan fingerprint density at radius 1 is 1.28 bits per heavy atom. The summed E-state index contributed by atoms with van der Waals surface area (Å²) >= 11 is 14.3. The molecule has 5 nitrogen and oxygen atoms in total. The van der Waals surface area contributed by atoms with Gasteiger partial charge < -0.3 is 15.2 Å². The number of thiazole rings is 1. The highest BCUT2D eigenvalue weighted by Crippen LogP contribution is 2.35. The first kappa shape index (κ1) is 20.7. The molecule has 0 aliphatic carbocycles. The van der Waals surface area contributed by atoms with Gasteiger partial charge in [0, 0.05) is 39.9 Å². The first-order valence-corrected chi connectivity index (χ1v) is 11.3. The molecule has 0 radical (unpaired) electrons. The standard InChI is InChI=1S/C21H24Cl2N4OS/c1-21(2,3)17-11-29-20(25-17)26-18(28)10-27-16-5-7-24-6-4-13(16)14-8-12(22)9-15(23)19(14)27/h8-9,11,24H,4-7,10H2,1-3H3,(H,25,26,28). The summed E-state index contributed by atoms with van der Waals surface area (Å²) in [5.41, 5.74) is 4.19. The summed E-state index contributed by atoms with van der Waals surface area (Å²) in [5, 5.41) is 11.2. The molecule has 0 fully saturated rings. The second-order valence-electron chi connectivity index (χ2n) is 8.38. The van der Waals surface area contributed by atoms with Crippen LogP contribution in [0.4, 0.5) is 5.13 Å². The molecule has 0 unspecified atom stereocenters. The molecule has 2 N–H and O–H groups in total. The van der Waals surface area contributed by atoms with Gasteiger partial charge >= 0.3 is 0 Å². The second-order valence-corrected chi connectivity index (χ2v) is 10.1. The number of nitrogens with one attached hydrogen (secondary N) is 2. The zero-order valence-electron chi connectivity index (χ0n) is 16.7. The summed E-state index contributed by atoms with van der Waals surface area (Å²) in [5.74, 6) is -0.109. The molecule has 29 heavy (non-hydrogen) atoms. The van der Waals surface area contributed by atoms with E-state index in [4.69, 9.17) is 23.2 Å². The largest absolute Gasteiger partial charge is 0.334 e. The van der Waals surface area contributed by atoms with Crippen molar-refractivity contribution in [3.63, 3.8) is 0 Å². The van der Waals surface area contributed by atoms with Crippen LogP contribution in [0.3, 0.4) is 0 Å². The van der Waals surface area contributed by atoms with Gasteiger partial charge in [-0.1, -0.05) is 44.0 Å². The summed E-state index contributed by atoms with van der Waals surface area (Å²) in [4.78, 5) is 17.5. The van der Waals surface area contributed by atoms with Gasteiger partial charge in [0.05, 0.1) is 16.2 Å². The molecule has 2 aromatic heterocycles. The van der Waals surface area contributed by atoms with E-state index in [-0.39, 0.29) is 17.9 Å². The quantitative estimate of drug-likeness (QED) is 0.587. The summed E-state index contributed by atoms with van der Waals surface area (Å²) in [6, 6.07) is 3.70. The molecule has 1 amide bonds. The maximum absolute atomic E-state index is 12.9. The molecule has 3 aromatic rings. The molecule has 1 aromatic carbocycles. The summed E-state index contributed by atoms with van der Waals surface area (Å²) in [7, 11) is 0. The SMILES string of the molecule is CC(C)(C)c1csc(NC(=O)Cn2c3c(c4cc(Cl)cc(Cl)c42)CCNCC3)n1. The number of hydrogen-bond acceptors (Lipinski definition) is 4. The van der Waals surface area contributed by atoms with Crippen molar-refractivity contribution in [2.45, 2.75) is 45.6 Å². The van der Waals surface area contributed by atoms with Crippen molar-refractivity contribution in [2.75, 3.05) is 18.4 Å². The highest BCUT2D eigenvalue weighted by atomic mass is 35.5. The van der Waals surface area contributed by atoms with Crippen molar-refractivity contribution in [3.8, 4) is 0 Å². The van der Waals surface area contributed by atoms with Crippen LogP contribution in [-0.2, 0) is 29.6 Å². The maximum atomic E-state index is 12.9. The minimum absolute atomic E-state index is 0.0484. The summed E-state index contributed by atoms with van der Waals surface area (Å²) in [6.45, 7) is 8.29. The fraction of sp³-hybridized carbons (Fsp3) is 0.429. The third-order valence-corrected chi connectivity index (χ3v) is 6.47. The van der Waals surface area contributed by atoms with Crippen LogP contribution in [0.5, 0.6) is 0 Å². The van der Waals surface area contributed by atoms with Crippen molar-refractivity contribution in [1.29, 1.82) is 0 Å². The van der Waals surface area contributed by atoms with Crippen LogP contribution < -0.4 is 10.6 Å². The third-order valence-electron chi connectivity index (χ3n) is 5.21. The number of nitrogens with zero attached hydrogens (tertiary/aromatic N) is 2. The highest BCUT2D eigenvalue weighted by molar-refractivity contribution is 7.13. The Balaban J connectivity index is 1.67. The van der Waals surface area contributed by atoms with E-state index in [0.29, 0.717) is 15.2 Å². The minimum atomic E-state index is -0.109. The van der Waals surface area contributed by atoms with Gasteiger partial charge in [0.15, 0.2) is 5.13 Å². The zero-order valence-corrected chi connectivity index (χ0v) is 19.1. The monoisotopic (exact) mass is 450 g/mol. The number of halogens is 2. The molecule has 0 atom stereocenters. The number of carbonyl (C=O) groups excluding carboxylic acids is 1. The van der Waals surface area contributed by atoms with Gasteiger partial charge in [-0.3, -0.25) is 4.79 Å². The van der Waals surface area contributed by atoms with Crippen LogP contribution in [-0.4, -0.2) is 28.5 Å². The molecule has 0 spiro atoms. The van der Waals surface area contributed by atoms with Crippen LogP contribution >= 0.6 is 34.5 Å². The molecule has 154 valence electrons. The number of carbonyl (C=O) groups is 1. The Hall–Kier alpha value is -1.60. The van der Waals surface area contributed by atoms with Gasteiger partial charge in [-0.05, 0) is 30.7 Å². The number of fused-ring (bicyclic) bond motifs is 3. The molecular formula is C21H24Cl2N4OS. The molecule has 0 bridgehead atoms. The predicted octanol–water partition coefficient (Wildman–Crippen LogP) is 5.03. The number of aromatic nitrogens is 2. The van der Waals surface area contributed by atoms with Gasteiger partial charge in [-0.25, -0.2) is 4.98 Å². The van der Waals surface area contributed by atoms with Gasteiger partial charge in [0.1, 0.15) is 6.54 Å². The number of rotatable bonds is 3. The fourth-order valence-electron chi connectivity index (χ4n) is 3.79. The predicted molar refractivity (Wildman–Crippen MR) is 122 cm³/mol. The van der Waals surface area contributed by atoms with Crippen LogP contribution in [0, 0.1) is 0 Å². The number of benzene rings is 1. The maximum Gasteiger partial charge on any atom is 0.246 e. The Labute approximate surface area is 184 Å². The second kappa shape index (κ2) is 7.91. The molecule has 0 saturated heterocycles. The van der Waals surface area contributed by atoms with E-state index < -0.39 is 0 Å². The van der Waals surface area contributed by atoms with Crippen LogP contribution in [0.25, 0.3) is 10.9 Å². The van der Waals surface area contributed by atoms with E-state index >= 15 is 0 Å². The van der Waals surface area contributed by atoms with E-state index in [2.05, 4.69) is 36.4 Å². The number of hydrogen-bond donors (Lipinski definition) is 2. The molecule has 3 heterocycles. The topological polar surface area (TPSA) is 59.0 Å². The average molecular weight is 451 g/mol. The fourth-order valence-corrected chi connectivity index (χ4v) is 5.33. The Bertz CT molecular complexity index is 1080. The van der Waals surface area contributed by atoms with E-state index in [1.807, 2.05) is 16.0 Å². The molecular weight excluding hydrogens is 427 g/mol. The number of amides is 1. The third kappa shape index (κ3) is 4.17. The molecule has 8 heteroatoms. The normalized spacial score (nSPS) is 14.7. The summed E-state index contributed by atoms with van der Waals surface area (Å²) < 4.78 is 2.05. The van der Waals surface area contributed by atoms with Crippen molar-refractivity contribution < 1.29 is 4.79 Å². The lowest BCUT2D eigenvalue weighted by molar-refractivity contribution is -0.116. The van der Waals surface area contributed by atoms with Gasteiger partial charge in [0.2, 0.25) is 5.91 Å². The number of anilines is 1. The van der Waals surface area contributed by atoms with E-state index in [1.54, 1.807) is 6.07 Å². The average Bonchev–Trinajstić information content (AvgIpc) is 3.10. The molecule has 0 saturated carbocycles. The first-order chi connectivity index (χ1) is 13.7. The highest BCUT2D eigenvalue weighted by Gasteiger charge is 2.23.